The third-order valence-electron chi connectivity index (χ3n) is 3.64. The lowest BCUT2D eigenvalue weighted by Crippen LogP contribution is -2.34. The fourth-order valence-electron chi connectivity index (χ4n) is 2.32. The molecule has 0 saturated carbocycles. The summed E-state index contributed by atoms with van der Waals surface area (Å²) in [7, 11) is 0. The summed E-state index contributed by atoms with van der Waals surface area (Å²) in [5.41, 5.74) is 2.35. The molecule has 3 nitrogen and oxygen atoms in total. The van der Waals surface area contributed by atoms with Gasteiger partial charge in [-0.2, -0.15) is 0 Å². The lowest BCUT2D eigenvalue weighted by Gasteiger charge is -2.23. The Kier molecular flexibility index (Phi) is 5.42. The van der Waals surface area contributed by atoms with E-state index in [0.29, 0.717) is 12.1 Å². The number of hydrogen-bond donors (Lipinski definition) is 2. The van der Waals surface area contributed by atoms with Crippen LogP contribution in [0.25, 0.3) is 0 Å². The molecular weight excluding hydrogens is 267 g/mol. The van der Waals surface area contributed by atoms with Crippen LogP contribution in [0.3, 0.4) is 0 Å². The van der Waals surface area contributed by atoms with E-state index in [1.165, 1.54) is 6.07 Å². The minimum atomic E-state index is -0.661. The average molecular weight is 288 g/mol. The summed E-state index contributed by atoms with van der Waals surface area (Å²) in [5, 5.41) is 13.8. The molecule has 0 spiro atoms. The van der Waals surface area contributed by atoms with Gasteiger partial charge in [-0.15, -0.1) is 0 Å². The quantitative estimate of drug-likeness (QED) is 0.858. The Morgan fingerprint density at radius 2 is 2.14 bits per heavy atom. The number of nitrogens with one attached hydrogen (secondary N) is 1. The second-order valence-corrected chi connectivity index (χ2v) is 5.21. The number of benzene rings is 1. The summed E-state index contributed by atoms with van der Waals surface area (Å²) >= 11 is 0. The van der Waals surface area contributed by atoms with Gasteiger partial charge in [-0.25, -0.2) is 4.39 Å². The van der Waals surface area contributed by atoms with E-state index in [0.717, 1.165) is 17.5 Å². The van der Waals surface area contributed by atoms with Gasteiger partial charge in [0.2, 0.25) is 0 Å². The van der Waals surface area contributed by atoms with Crippen molar-refractivity contribution in [2.24, 2.45) is 0 Å². The molecule has 2 atom stereocenters. The van der Waals surface area contributed by atoms with E-state index < -0.39 is 6.10 Å². The summed E-state index contributed by atoms with van der Waals surface area (Å²) in [5.74, 6) is -0.248. The Balaban J connectivity index is 2.04. The molecule has 1 aromatic heterocycles. The summed E-state index contributed by atoms with van der Waals surface area (Å²) in [6, 6.07) is 8.53. The van der Waals surface area contributed by atoms with Crippen molar-refractivity contribution in [3.8, 4) is 0 Å². The molecule has 0 aliphatic carbocycles. The Morgan fingerprint density at radius 3 is 2.76 bits per heavy atom. The first-order chi connectivity index (χ1) is 10.1. The highest BCUT2D eigenvalue weighted by atomic mass is 19.1. The molecule has 0 fully saturated rings. The van der Waals surface area contributed by atoms with Crippen LogP contribution >= 0.6 is 0 Å². The van der Waals surface area contributed by atoms with Crippen molar-refractivity contribution >= 4 is 0 Å². The molecule has 0 aliphatic rings. The van der Waals surface area contributed by atoms with Crippen molar-refractivity contribution in [1.82, 2.24) is 10.3 Å². The van der Waals surface area contributed by atoms with Gasteiger partial charge in [0, 0.05) is 25.0 Å². The van der Waals surface area contributed by atoms with E-state index in [-0.39, 0.29) is 11.9 Å². The van der Waals surface area contributed by atoms with Crippen molar-refractivity contribution in [1.29, 1.82) is 0 Å². The molecule has 2 rings (SSSR count). The van der Waals surface area contributed by atoms with Crippen molar-refractivity contribution < 1.29 is 9.50 Å². The third-order valence-corrected chi connectivity index (χ3v) is 3.64. The zero-order valence-corrected chi connectivity index (χ0v) is 12.4. The molecule has 4 heteroatoms. The van der Waals surface area contributed by atoms with Crippen LogP contribution in [-0.2, 0) is 6.54 Å². The second kappa shape index (κ2) is 7.29. The van der Waals surface area contributed by atoms with Crippen molar-refractivity contribution in [2.45, 2.75) is 39.0 Å². The van der Waals surface area contributed by atoms with E-state index in [9.17, 15) is 9.50 Å². The predicted octanol–water partition coefficient (Wildman–Crippen LogP) is 3.13. The Bertz CT molecular complexity index is 574. The first-order valence-electron chi connectivity index (χ1n) is 7.18. The lowest BCUT2D eigenvalue weighted by atomic mass is 9.98. The number of halogens is 1. The fourth-order valence-corrected chi connectivity index (χ4v) is 2.32. The van der Waals surface area contributed by atoms with Gasteiger partial charge in [-0.3, -0.25) is 4.98 Å². The predicted molar refractivity (Wildman–Crippen MR) is 81.3 cm³/mol. The number of pyridine rings is 1. The Labute approximate surface area is 124 Å². The van der Waals surface area contributed by atoms with Crippen LogP contribution in [0.1, 0.15) is 36.1 Å². The summed E-state index contributed by atoms with van der Waals surface area (Å²) in [4.78, 5) is 4.07. The average Bonchev–Trinajstić information content (AvgIpc) is 2.51. The number of aliphatic hydroxyl groups is 1. The van der Waals surface area contributed by atoms with Crippen LogP contribution in [-0.4, -0.2) is 16.1 Å². The highest BCUT2D eigenvalue weighted by molar-refractivity contribution is 5.26. The summed E-state index contributed by atoms with van der Waals surface area (Å²) in [6.07, 6.45) is 3.65. The van der Waals surface area contributed by atoms with E-state index in [1.54, 1.807) is 31.5 Å². The van der Waals surface area contributed by atoms with Crippen molar-refractivity contribution in [3.05, 3.63) is 65.2 Å². The monoisotopic (exact) mass is 288 g/mol. The van der Waals surface area contributed by atoms with Crippen molar-refractivity contribution in [2.75, 3.05) is 0 Å². The summed E-state index contributed by atoms with van der Waals surface area (Å²) < 4.78 is 13.3. The zero-order valence-electron chi connectivity index (χ0n) is 12.4. The van der Waals surface area contributed by atoms with E-state index in [4.69, 9.17) is 0 Å². The van der Waals surface area contributed by atoms with Crippen LogP contribution in [0.5, 0.6) is 0 Å². The summed E-state index contributed by atoms with van der Waals surface area (Å²) in [6.45, 7) is 4.36. The highest BCUT2D eigenvalue weighted by Gasteiger charge is 2.19. The largest absolute Gasteiger partial charge is 0.387 e. The van der Waals surface area contributed by atoms with Gasteiger partial charge in [0.05, 0.1) is 6.10 Å². The van der Waals surface area contributed by atoms with Gasteiger partial charge in [-0.05, 0) is 42.2 Å². The molecule has 0 amide bonds. The van der Waals surface area contributed by atoms with Crippen LogP contribution in [0.2, 0.25) is 0 Å². The molecule has 0 aliphatic heterocycles. The first kappa shape index (κ1) is 15.6. The standard InChI is InChI=1S/C17H21FN2O/c1-3-16(20-11-13-5-4-8-19-10-13)17(21)14-6-7-15(18)12(2)9-14/h4-10,16-17,20-21H,3,11H2,1-2H3. The number of aromatic nitrogens is 1. The SMILES string of the molecule is CCC(NCc1cccnc1)C(O)c1ccc(F)c(C)c1. The minimum absolute atomic E-state index is 0.0879. The third kappa shape index (κ3) is 4.09. The number of aliphatic hydroxyl groups excluding tert-OH is 1. The Morgan fingerprint density at radius 1 is 1.33 bits per heavy atom. The van der Waals surface area contributed by atoms with Gasteiger partial charge in [-0.1, -0.05) is 25.1 Å². The lowest BCUT2D eigenvalue weighted by molar-refractivity contribution is 0.125. The van der Waals surface area contributed by atoms with Crippen LogP contribution in [0.15, 0.2) is 42.7 Å². The van der Waals surface area contributed by atoms with Crippen molar-refractivity contribution in [3.63, 3.8) is 0 Å². The molecule has 0 bridgehead atoms. The fraction of sp³-hybridized carbons (Fsp3) is 0.353. The molecule has 0 radical (unpaired) electrons. The smallest absolute Gasteiger partial charge is 0.126 e. The van der Waals surface area contributed by atoms with Gasteiger partial charge in [0.15, 0.2) is 0 Å². The van der Waals surface area contributed by atoms with Crippen LogP contribution < -0.4 is 5.32 Å². The van der Waals surface area contributed by atoms with Crippen LogP contribution in [0, 0.1) is 12.7 Å². The maximum absolute atomic E-state index is 13.3. The van der Waals surface area contributed by atoms with E-state index in [1.807, 2.05) is 19.1 Å². The maximum Gasteiger partial charge on any atom is 0.126 e. The molecule has 1 heterocycles. The second-order valence-electron chi connectivity index (χ2n) is 5.21. The minimum Gasteiger partial charge on any atom is -0.387 e. The molecule has 2 N–H and O–H groups in total. The molecule has 21 heavy (non-hydrogen) atoms. The molecule has 2 aromatic rings. The number of rotatable bonds is 6. The number of hydrogen-bond acceptors (Lipinski definition) is 3. The number of nitrogens with zero attached hydrogens (tertiary/aromatic N) is 1. The topological polar surface area (TPSA) is 45.2 Å². The normalized spacial score (nSPS) is 13.9. The van der Waals surface area contributed by atoms with Gasteiger partial charge >= 0.3 is 0 Å². The van der Waals surface area contributed by atoms with Gasteiger partial charge < -0.3 is 10.4 Å². The highest BCUT2D eigenvalue weighted by Crippen LogP contribution is 2.21. The maximum atomic E-state index is 13.3. The van der Waals surface area contributed by atoms with Gasteiger partial charge in [0.1, 0.15) is 5.82 Å². The van der Waals surface area contributed by atoms with E-state index >= 15 is 0 Å². The number of aryl methyl sites for hydroxylation is 1. The molecule has 1 aromatic carbocycles. The van der Waals surface area contributed by atoms with Gasteiger partial charge in [0.25, 0.3) is 0 Å². The molecule has 2 unspecified atom stereocenters. The first-order valence-corrected chi connectivity index (χ1v) is 7.18. The van der Waals surface area contributed by atoms with Crippen LogP contribution in [0.4, 0.5) is 4.39 Å². The molecule has 0 saturated heterocycles. The Hall–Kier alpha value is -1.78. The zero-order chi connectivity index (χ0) is 15.2. The molecular formula is C17H21FN2O. The molecule has 112 valence electrons. The van der Waals surface area contributed by atoms with E-state index in [2.05, 4.69) is 10.3 Å².